The van der Waals surface area contributed by atoms with Crippen molar-refractivity contribution in [1.82, 2.24) is 24.7 Å². The minimum Gasteiger partial charge on any atom is -0.347 e. The van der Waals surface area contributed by atoms with Gasteiger partial charge < -0.3 is 9.88 Å². The number of likely N-dealkylation sites (tertiary alicyclic amines) is 1. The van der Waals surface area contributed by atoms with Crippen molar-refractivity contribution < 1.29 is 31.5 Å². The molecule has 1 aliphatic carbocycles. The summed E-state index contributed by atoms with van der Waals surface area (Å²) in [5.74, 6) is -3.78. The van der Waals surface area contributed by atoms with E-state index >= 15 is 0 Å². The molecule has 4 rings (SSSR count). The number of thiol groups is 1. The molecular weight excluding hydrogens is 579 g/mol. The van der Waals surface area contributed by atoms with Crippen LogP contribution in [0.5, 0.6) is 0 Å². The number of piperidine rings is 1. The Hall–Kier alpha value is -3.00. The summed E-state index contributed by atoms with van der Waals surface area (Å²) >= 11 is 3.87. The zero-order valence-corrected chi connectivity index (χ0v) is 24.2. The van der Waals surface area contributed by atoms with Gasteiger partial charge in [0.25, 0.3) is 11.8 Å². The molecule has 8 nitrogen and oxygen atoms in total. The number of nitrogens with zero attached hydrogens (tertiary/aromatic N) is 4. The molecule has 1 atom stereocenters. The van der Waals surface area contributed by atoms with Crippen LogP contribution in [0.3, 0.4) is 0 Å². The Kier molecular flexibility index (Phi) is 9.96. The van der Waals surface area contributed by atoms with Crippen LogP contribution in [0, 0.1) is 5.41 Å². The Morgan fingerprint density at radius 3 is 2.55 bits per heavy atom. The number of rotatable bonds is 9. The maximum atomic E-state index is 13.9. The average Bonchev–Trinajstić information content (AvgIpc) is 3.60. The maximum absolute atomic E-state index is 13.9. The van der Waals surface area contributed by atoms with E-state index in [0.29, 0.717) is 18.8 Å². The fourth-order valence-corrected chi connectivity index (χ4v) is 5.73. The van der Waals surface area contributed by atoms with E-state index < -0.39 is 42.1 Å². The number of nitrogens with one attached hydrogen (secondary N) is 2. The summed E-state index contributed by atoms with van der Waals surface area (Å²) in [4.78, 5) is 33.3. The number of carbonyl (C=O) groups is 2. The van der Waals surface area contributed by atoms with Gasteiger partial charge in [-0.3, -0.25) is 24.8 Å². The van der Waals surface area contributed by atoms with E-state index in [1.165, 1.54) is 36.0 Å². The molecule has 0 unspecified atom stereocenters. The van der Waals surface area contributed by atoms with Gasteiger partial charge >= 0.3 is 6.18 Å². The summed E-state index contributed by atoms with van der Waals surface area (Å²) in [6.45, 7) is 0.228. The van der Waals surface area contributed by atoms with E-state index in [9.17, 15) is 31.5 Å². The molecule has 14 heteroatoms. The lowest BCUT2D eigenvalue weighted by Crippen LogP contribution is -2.46. The molecule has 1 aromatic heterocycles. The minimum atomic E-state index is -4.63. The molecule has 2 heterocycles. The zero-order chi connectivity index (χ0) is 30.7. The molecule has 2 N–H and O–H groups in total. The van der Waals surface area contributed by atoms with Gasteiger partial charge in [0.15, 0.2) is 5.17 Å². The van der Waals surface area contributed by atoms with E-state index in [-0.39, 0.29) is 48.3 Å². The third-order valence-electron chi connectivity index (χ3n) is 7.87. The first-order valence-electron chi connectivity index (χ1n) is 14.0. The molecule has 0 spiro atoms. The highest BCUT2D eigenvalue weighted by Crippen LogP contribution is 2.38. The third-order valence-corrected chi connectivity index (χ3v) is 8.17. The van der Waals surface area contributed by atoms with Crippen molar-refractivity contribution in [2.75, 3.05) is 26.7 Å². The summed E-state index contributed by atoms with van der Waals surface area (Å²) in [6, 6.07) is 4.30. The van der Waals surface area contributed by atoms with Gasteiger partial charge in [0.2, 0.25) is 5.91 Å². The van der Waals surface area contributed by atoms with Gasteiger partial charge in [0.05, 0.1) is 17.8 Å². The summed E-state index contributed by atoms with van der Waals surface area (Å²) in [5.41, 5.74) is -1.09. The smallest absolute Gasteiger partial charge is 0.347 e. The number of amidine groups is 1. The van der Waals surface area contributed by atoms with Crippen LogP contribution < -0.4 is 5.32 Å². The molecular formula is C28H35F5N6O2S. The Morgan fingerprint density at radius 2 is 1.90 bits per heavy atom. The topological polar surface area (TPSA) is 94.3 Å². The highest BCUT2D eigenvalue weighted by atomic mass is 32.1. The van der Waals surface area contributed by atoms with Crippen LogP contribution in [0.4, 0.5) is 22.0 Å². The Bertz CT molecular complexity index is 1290. The predicted octanol–water partition coefficient (Wildman–Crippen LogP) is 5.48. The lowest BCUT2D eigenvalue weighted by molar-refractivity contribution is -0.137. The molecule has 1 aliphatic heterocycles. The van der Waals surface area contributed by atoms with E-state index in [1.807, 2.05) is 0 Å². The van der Waals surface area contributed by atoms with Crippen LogP contribution in [-0.4, -0.2) is 75.0 Å². The largest absolute Gasteiger partial charge is 0.418 e. The van der Waals surface area contributed by atoms with Crippen LogP contribution in [0.15, 0.2) is 30.5 Å². The SMILES string of the molecule is CN(C(=N)S)C(=O)C[C@H](CCN1CCCC(F)(F)C1)NC(=O)c1cn(-c2ccccc2C(F)(F)F)c(C2CCCC2)n1. The van der Waals surface area contributed by atoms with Crippen LogP contribution in [-0.2, 0) is 11.0 Å². The van der Waals surface area contributed by atoms with Gasteiger partial charge in [-0.2, -0.15) is 13.2 Å². The van der Waals surface area contributed by atoms with E-state index in [2.05, 4.69) is 22.9 Å². The second kappa shape index (κ2) is 13.1. The zero-order valence-electron chi connectivity index (χ0n) is 23.3. The van der Waals surface area contributed by atoms with Gasteiger partial charge in [0, 0.05) is 44.6 Å². The number of para-hydroxylation sites is 1. The summed E-state index contributed by atoms with van der Waals surface area (Å²) in [5, 5.41) is 10.1. The van der Waals surface area contributed by atoms with Gasteiger partial charge in [-0.05, 0) is 44.4 Å². The summed E-state index contributed by atoms with van der Waals surface area (Å²) < 4.78 is 70.9. The number of benzene rings is 1. The van der Waals surface area contributed by atoms with Crippen molar-refractivity contribution in [3.05, 3.63) is 47.5 Å². The fourth-order valence-electron chi connectivity index (χ4n) is 5.62. The van der Waals surface area contributed by atoms with E-state index in [1.54, 1.807) is 4.90 Å². The molecule has 1 aromatic carbocycles. The van der Waals surface area contributed by atoms with E-state index in [4.69, 9.17) is 5.41 Å². The Balaban J connectivity index is 1.60. The Labute approximate surface area is 246 Å². The summed E-state index contributed by atoms with van der Waals surface area (Å²) in [7, 11) is 1.36. The highest BCUT2D eigenvalue weighted by Gasteiger charge is 2.37. The van der Waals surface area contributed by atoms with Crippen LogP contribution in [0.2, 0.25) is 0 Å². The predicted molar refractivity (Wildman–Crippen MR) is 150 cm³/mol. The van der Waals surface area contributed by atoms with Crippen molar-refractivity contribution >= 4 is 29.6 Å². The number of amides is 2. The standard InChI is InChI=1S/C28H35F5N6O2S/c1-37(26(34)42)23(40)15-19(11-14-38-13-6-12-27(29,30)17-38)35-25(41)21-16-39(24(36-21)18-7-2-3-8-18)22-10-5-4-9-20(22)28(31,32)33/h4-5,9-10,16,18-19H,2-3,6-8,11-15,17H2,1H3,(H2,34,42)(H,35,41)/t19-/m0/s1. The van der Waals surface area contributed by atoms with Crippen molar-refractivity contribution in [2.24, 2.45) is 0 Å². The number of hydrogen-bond donors (Lipinski definition) is 3. The average molecular weight is 615 g/mol. The molecule has 2 aromatic rings. The van der Waals surface area contributed by atoms with Crippen molar-refractivity contribution in [2.45, 2.75) is 75.4 Å². The quantitative estimate of drug-likeness (QED) is 0.151. The van der Waals surface area contributed by atoms with Crippen molar-refractivity contribution in [3.63, 3.8) is 0 Å². The van der Waals surface area contributed by atoms with Crippen molar-refractivity contribution in [1.29, 1.82) is 5.41 Å². The normalized spacial score (nSPS) is 18.5. The molecule has 0 bridgehead atoms. The lowest BCUT2D eigenvalue weighted by Gasteiger charge is -2.33. The number of alkyl halides is 5. The van der Waals surface area contributed by atoms with Crippen LogP contribution >= 0.6 is 12.6 Å². The first kappa shape index (κ1) is 31.9. The summed E-state index contributed by atoms with van der Waals surface area (Å²) in [6.07, 6.45) is -0.0357. The first-order chi connectivity index (χ1) is 19.7. The Morgan fingerprint density at radius 1 is 1.21 bits per heavy atom. The molecule has 1 saturated carbocycles. The fraction of sp³-hybridized carbons (Fsp3) is 0.571. The molecule has 0 radical (unpaired) electrons. The maximum Gasteiger partial charge on any atom is 0.418 e. The highest BCUT2D eigenvalue weighted by molar-refractivity contribution is 7.96. The first-order valence-corrected chi connectivity index (χ1v) is 14.4. The van der Waals surface area contributed by atoms with Gasteiger partial charge in [-0.25, -0.2) is 13.8 Å². The van der Waals surface area contributed by atoms with E-state index in [0.717, 1.165) is 36.6 Å². The molecule has 42 heavy (non-hydrogen) atoms. The van der Waals surface area contributed by atoms with Gasteiger partial charge in [-0.1, -0.05) is 25.0 Å². The number of imidazole rings is 1. The number of carbonyl (C=O) groups excluding carboxylic acids is 2. The molecule has 2 amide bonds. The number of hydrogen-bond acceptors (Lipinski definition) is 5. The second-order valence-electron chi connectivity index (χ2n) is 11.0. The lowest BCUT2D eigenvalue weighted by atomic mass is 10.0. The number of halogens is 5. The molecule has 2 fully saturated rings. The molecule has 1 saturated heterocycles. The molecule has 2 aliphatic rings. The van der Waals surface area contributed by atoms with Gasteiger partial charge in [0.1, 0.15) is 11.5 Å². The van der Waals surface area contributed by atoms with Crippen LogP contribution in [0.1, 0.15) is 79.2 Å². The number of aromatic nitrogens is 2. The second-order valence-corrected chi connectivity index (χ2v) is 11.4. The van der Waals surface area contributed by atoms with Crippen molar-refractivity contribution in [3.8, 4) is 5.69 Å². The third kappa shape index (κ3) is 7.88. The van der Waals surface area contributed by atoms with Gasteiger partial charge in [-0.15, -0.1) is 12.6 Å². The minimum absolute atomic E-state index is 0.105. The molecule has 230 valence electrons. The van der Waals surface area contributed by atoms with Crippen LogP contribution in [0.25, 0.3) is 5.69 Å². The monoisotopic (exact) mass is 614 g/mol.